The Morgan fingerprint density at radius 1 is 1.69 bits per heavy atom. The van der Waals surface area contributed by atoms with Crippen molar-refractivity contribution in [3.8, 4) is 0 Å². The highest BCUT2D eigenvalue weighted by Gasteiger charge is 2.32. The molecule has 0 aromatic carbocycles. The Kier molecular flexibility index (Phi) is 2.93. The fraction of sp³-hybridized carbons (Fsp3) is 0.889. The van der Waals surface area contributed by atoms with Crippen molar-refractivity contribution < 1.29 is 9.90 Å². The van der Waals surface area contributed by atoms with Gasteiger partial charge in [0.25, 0.3) is 0 Å². The van der Waals surface area contributed by atoms with Crippen LogP contribution in [0.5, 0.6) is 0 Å². The van der Waals surface area contributed by atoms with Crippen LogP contribution in [0.2, 0.25) is 0 Å². The van der Waals surface area contributed by atoms with Gasteiger partial charge in [-0.1, -0.05) is 0 Å². The standard InChI is InChI=1S/C9H18N2O2/c1-9(2,8(12)13)6-11-4-3-7(10)5-11/h7H,3-6,10H2,1-2H3,(H,12,13)/t7-/m1/s1. The molecule has 4 heteroatoms. The lowest BCUT2D eigenvalue weighted by molar-refractivity contribution is -0.147. The molecule has 0 unspecified atom stereocenters. The molecular weight excluding hydrogens is 168 g/mol. The molecule has 1 saturated heterocycles. The van der Waals surface area contributed by atoms with Crippen LogP contribution < -0.4 is 5.73 Å². The van der Waals surface area contributed by atoms with Crippen molar-refractivity contribution in [3.05, 3.63) is 0 Å². The highest BCUT2D eigenvalue weighted by Crippen LogP contribution is 2.19. The van der Waals surface area contributed by atoms with Crippen molar-refractivity contribution in [2.75, 3.05) is 19.6 Å². The molecule has 76 valence electrons. The van der Waals surface area contributed by atoms with Crippen LogP contribution in [-0.4, -0.2) is 41.7 Å². The first kappa shape index (κ1) is 10.5. The van der Waals surface area contributed by atoms with E-state index in [4.69, 9.17) is 10.8 Å². The second kappa shape index (κ2) is 3.64. The zero-order valence-electron chi connectivity index (χ0n) is 8.29. The molecular formula is C9H18N2O2. The molecule has 3 N–H and O–H groups in total. The summed E-state index contributed by atoms with van der Waals surface area (Å²) in [6.45, 7) is 5.85. The van der Waals surface area contributed by atoms with Gasteiger partial charge in [0.15, 0.2) is 0 Å². The van der Waals surface area contributed by atoms with E-state index in [-0.39, 0.29) is 6.04 Å². The van der Waals surface area contributed by atoms with E-state index in [1.165, 1.54) is 0 Å². The maximum Gasteiger partial charge on any atom is 0.310 e. The van der Waals surface area contributed by atoms with Crippen LogP contribution in [0.1, 0.15) is 20.3 Å². The third-order valence-corrected chi connectivity index (χ3v) is 2.51. The summed E-state index contributed by atoms with van der Waals surface area (Å²) in [6, 6.07) is 0.226. The summed E-state index contributed by atoms with van der Waals surface area (Å²) in [5, 5.41) is 8.91. The lowest BCUT2D eigenvalue weighted by Gasteiger charge is -2.25. The Hall–Kier alpha value is -0.610. The van der Waals surface area contributed by atoms with E-state index >= 15 is 0 Å². The van der Waals surface area contributed by atoms with Crippen molar-refractivity contribution in [2.24, 2.45) is 11.1 Å². The topological polar surface area (TPSA) is 66.6 Å². The van der Waals surface area contributed by atoms with E-state index in [2.05, 4.69) is 4.90 Å². The number of aliphatic carboxylic acids is 1. The summed E-state index contributed by atoms with van der Waals surface area (Å²) in [7, 11) is 0. The van der Waals surface area contributed by atoms with Crippen molar-refractivity contribution >= 4 is 5.97 Å². The maximum atomic E-state index is 10.8. The van der Waals surface area contributed by atoms with Crippen LogP contribution in [0, 0.1) is 5.41 Å². The highest BCUT2D eigenvalue weighted by molar-refractivity contribution is 5.73. The van der Waals surface area contributed by atoms with Crippen molar-refractivity contribution in [2.45, 2.75) is 26.3 Å². The van der Waals surface area contributed by atoms with E-state index in [0.717, 1.165) is 19.5 Å². The van der Waals surface area contributed by atoms with Crippen molar-refractivity contribution in [1.29, 1.82) is 0 Å². The summed E-state index contributed by atoms with van der Waals surface area (Å²) in [6.07, 6.45) is 0.982. The summed E-state index contributed by atoms with van der Waals surface area (Å²) >= 11 is 0. The van der Waals surface area contributed by atoms with Gasteiger partial charge < -0.3 is 15.7 Å². The first-order valence-corrected chi connectivity index (χ1v) is 4.63. The Morgan fingerprint density at radius 3 is 2.69 bits per heavy atom. The predicted octanol–water partition coefficient (Wildman–Crippen LogP) is 0.130. The molecule has 0 aromatic heterocycles. The fourth-order valence-corrected chi connectivity index (χ4v) is 1.63. The molecule has 13 heavy (non-hydrogen) atoms. The second-order valence-corrected chi connectivity index (χ2v) is 4.47. The SMILES string of the molecule is CC(C)(CN1CC[C@@H](N)C1)C(=O)O. The van der Waals surface area contributed by atoms with Gasteiger partial charge in [0.05, 0.1) is 5.41 Å². The molecule has 1 aliphatic heterocycles. The van der Waals surface area contributed by atoms with Crippen LogP contribution >= 0.6 is 0 Å². The smallest absolute Gasteiger partial charge is 0.310 e. The quantitative estimate of drug-likeness (QED) is 0.657. The van der Waals surface area contributed by atoms with Crippen molar-refractivity contribution in [1.82, 2.24) is 4.90 Å². The van der Waals surface area contributed by atoms with Gasteiger partial charge in [-0.3, -0.25) is 4.79 Å². The van der Waals surface area contributed by atoms with Crippen molar-refractivity contribution in [3.63, 3.8) is 0 Å². The largest absolute Gasteiger partial charge is 0.481 e. The zero-order chi connectivity index (χ0) is 10.1. The van der Waals surface area contributed by atoms with E-state index in [1.54, 1.807) is 13.8 Å². The number of hydrogen-bond acceptors (Lipinski definition) is 3. The molecule has 1 heterocycles. The highest BCUT2D eigenvalue weighted by atomic mass is 16.4. The third kappa shape index (κ3) is 2.67. The number of carbonyl (C=O) groups is 1. The Balaban J connectivity index is 2.44. The van der Waals surface area contributed by atoms with E-state index in [0.29, 0.717) is 6.54 Å². The zero-order valence-corrected chi connectivity index (χ0v) is 8.29. The lowest BCUT2D eigenvalue weighted by Crippen LogP contribution is -2.39. The number of nitrogens with two attached hydrogens (primary N) is 1. The summed E-state index contributed by atoms with van der Waals surface area (Å²) < 4.78 is 0. The van der Waals surface area contributed by atoms with E-state index in [9.17, 15) is 4.79 Å². The minimum atomic E-state index is -0.743. The van der Waals surface area contributed by atoms with Gasteiger partial charge in [-0.05, 0) is 26.8 Å². The lowest BCUT2D eigenvalue weighted by atomic mass is 9.93. The number of likely N-dealkylation sites (tertiary alicyclic amines) is 1. The molecule has 0 radical (unpaired) electrons. The monoisotopic (exact) mass is 186 g/mol. The number of carboxylic acids is 1. The molecule has 0 bridgehead atoms. The molecule has 1 atom stereocenters. The first-order chi connectivity index (χ1) is 5.92. The normalized spacial score (nSPS) is 25.0. The minimum absolute atomic E-state index is 0.226. The van der Waals surface area contributed by atoms with Gasteiger partial charge in [-0.15, -0.1) is 0 Å². The average molecular weight is 186 g/mol. The fourth-order valence-electron chi connectivity index (χ4n) is 1.63. The third-order valence-electron chi connectivity index (χ3n) is 2.51. The molecule has 0 saturated carbocycles. The van der Waals surface area contributed by atoms with Crippen LogP contribution in [-0.2, 0) is 4.79 Å². The number of carboxylic acid groups (broad SMARTS) is 1. The molecule has 1 rings (SSSR count). The molecule has 0 aliphatic carbocycles. The first-order valence-electron chi connectivity index (χ1n) is 4.63. The molecule has 1 aliphatic rings. The van der Waals surface area contributed by atoms with Gasteiger partial charge in [-0.25, -0.2) is 0 Å². The Bertz CT molecular complexity index is 204. The minimum Gasteiger partial charge on any atom is -0.481 e. The molecule has 1 fully saturated rings. The maximum absolute atomic E-state index is 10.8. The van der Waals surface area contributed by atoms with Gasteiger partial charge in [0.1, 0.15) is 0 Å². The Morgan fingerprint density at radius 2 is 2.31 bits per heavy atom. The number of nitrogens with zero attached hydrogens (tertiary/aromatic N) is 1. The van der Waals surface area contributed by atoms with Crippen LogP contribution in [0.4, 0.5) is 0 Å². The van der Waals surface area contributed by atoms with Gasteiger partial charge in [0.2, 0.25) is 0 Å². The molecule has 0 amide bonds. The van der Waals surface area contributed by atoms with Crippen LogP contribution in [0.25, 0.3) is 0 Å². The average Bonchev–Trinajstić information content (AvgIpc) is 2.34. The van der Waals surface area contributed by atoms with Gasteiger partial charge in [-0.2, -0.15) is 0 Å². The summed E-state index contributed by atoms with van der Waals surface area (Å²) in [5.74, 6) is -0.743. The van der Waals surface area contributed by atoms with Crippen LogP contribution in [0.15, 0.2) is 0 Å². The Labute approximate surface area is 78.7 Å². The molecule has 0 spiro atoms. The van der Waals surface area contributed by atoms with Gasteiger partial charge in [0, 0.05) is 19.1 Å². The number of hydrogen-bond donors (Lipinski definition) is 2. The second-order valence-electron chi connectivity index (χ2n) is 4.47. The van der Waals surface area contributed by atoms with Gasteiger partial charge >= 0.3 is 5.97 Å². The summed E-state index contributed by atoms with van der Waals surface area (Å²) in [5.41, 5.74) is 5.07. The van der Waals surface area contributed by atoms with E-state index < -0.39 is 11.4 Å². The molecule has 0 aromatic rings. The predicted molar refractivity (Wildman–Crippen MR) is 50.4 cm³/mol. The summed E-state index contributed by atoms with van der Waals surface area (Å²) in [4.78, 5) is 13.0. The van der Waals surface area contributed by atoms with Crippen LogP contribution in [0.3, 0.4) is 0 Å². The number of rotatable bonds is 3. The molecule has 4 nitrogen and oxygen atoms in total. The van der Waals surface area contributed by atoms with E-state index in [1.807, 2.05) is 0 Å².